The summed E-state index contributed by atoms with van der Waals surface area (Å²) in [5.74, 6) is 1.68. The van der Waals surface area contributed by atoms with Crippen LogP contribution >= 0.6 is 0 Å². The first-order valence-corrected chi connectivity index (χ1v) is 10.9. The van der Waals surface area contributed by atoms with E-state index in [1.807, 2.05) is 36.9 Å². The van der Waals surface area contributed by atoms with E-state index < -0.39 is 0 Å². The molecule has 0 aliphatic rings. The van der Waals surface area contributed by atoms with Gasteiger partial charge in [-0.1, -0.05) is 6.92 Å². The van der Waals surface area contributed by atoms with Gasteiger partial charge in [0.15, 0.2) is 5.82 Å². The Morgan fingerprint density at radius 3 is 2.42 bits per heavy atom. The van der Waals surface area contributed by atoms with Gasteiger partial charge in [-0.15, -0.1) is 5.10 Å². The number of aromatic nitrogens is 5. The summed E-state index contributed by atoms with van der Waals surface area (Å²) in [5.41, 5.74) is 5.45. The van der Waals surface area contributed by atoms with Crippen LogP contribution in [0.3, 0.4) is 0 Å². The van der Waals surface area contributed by atoms with Crippen molar-refractivity contribution in [1.29, 1.82) is 0 Å². The number of nitrogens with zero attached hydrogens (tertiary/aromatic N) is 5. The first-order chi connectivity index (χ1) is 15.0. The zero-order valence-corrected chi connectivity index (χ0v) is 18.9. The molecule has 0 aliphatic carbocycles. The number of fused-ring (bicyclic) bond motifs is 1. The molecule has 162 valence electrons. The minimum absolute atomic E-state index is 0.656. The smallest absolute Gasteiger partial charge is 0.158 e. The zero-order valence-electron chi connectivity index (χ0n) is 18.9. The van der Waals surface area contributed by atoms with E-state index in [1.54, 1.807) is 0 Å². The van der Waals surface area contributed by atoms with E-state index in [0.717, 1.165) is 63.6 Å². The van der Waals surface area contributed by atoms with Gasteiger partial charge in [0.05, 0.1) is 18.5 Å². The summed E-state index contributed by atoms with van der Waals surface area (Å²) < 4.78 is 9.84. The summed E-state index contributed by atoms with van der Waals surface area (Å²) in [5, 5.41) is 19.1. The van der Waals surface area contributed by atoms with E-state index in [0.29, 0.717) is 13.2 Å². The Labute approximate surface area is 183 Å². The van der Waals surface area contributed by atoms with E-state index in [4.69, 9.17) is 4.74 Å². The van der Waals surface area contributed by atoms with Crippen LogP contribution in [0.15, 0.2) is 36.7 Å². The lowest BCUT2D eigenvalue weighted by atomic mass is 10.1. The number of benzene rings is 1. The molecule has 7 nitrogen and oxygen atoms in total. The SMILES string of the molecule is CCCn1cc(CNc2nnc(C)c3c(C)n(-c4ccc(OCC)cc4)c(C)c23)cn1. The van der Waals surface area contributed by atoms with Gasteiger partial charge in [-0.25, -0.2) is 0 Å². The van der Waals surface area contributed by atoms with Crippen LogP contribution in [0.5, 0.6) is 5.75 Å². The largest absolute Gasteiger partial charge is 0.494 e. The molecular formula is C24H30N6O. The highest BCUT2D eigenvalue weighted by Crippen LogP contribution is 2.34. The molecule has 3 aromatic heterocycles. The van der Waals surface area contributed by atoms with Crippen molar-refractivity contribution in [3.05, 3.63) is 59.3 Å². The minimum atomic E-state index is 0.656. The van der Waals surface area contributed by atoms with Crippen molar-refractivity contribution in [2.24, 2.45) is 0 Å². The lowest BCUT2D eigenvalue weighted by Gasteiger charge is -2.11. The maximum atomic E-state index is 5.60. The molecule has 3 heterocycles. The van der Waals surface area contributed by atoms with Gasteiger partial charge < -0.3 is 14.6 Å². The van der Waals surface area contributed by atoms with Crippen LogP contribution in [0.2, 0.25) is 0 Å². The molecule has 0 amide bonds. The molecule has 0 aliphatic heterocycles. The van der Waals surface area contributed by atoms with Gasteiger partial charge in [-0.2, -0.15) is 10.2 Å². The summed E-state index contributed by atoms with van der Waals surface area (Å²) in [7, 11) is 0. The Kier molecular flexibility index (Phi) is 5.93. The third kappa shape index (κ3) is 4.00. The second-order valence-corrected chi connectivity index (χ2v) is 7.78. The van der Waals surface area contributed by atoms with E-state index in [9.17, 15) is 0 Å². The second-order valence-electron chi connectivity index (χ2n) is 7.78. The van der Waals surface area contributed by atoms with E-state index in [-0.39, 0.29) is 0 Å². The van der Waals surface area contributed by atoms with Gasteiger partial charge in [-0.3, -0.25) is 4.68 Å². The molecule has 7 heteroatoms. The topological polar surface area (TPSA) is 69.8 Å². The molecule has 1 aromatic carbocycles. The second kappa shape index (κ2) is 8.79. The third-order valence-electron chi connectivity index (χ3n) is 5.55. The van der Waals surface area contributed by atoms with Crippen molar-refractivity contribution in [1.82, 2.24) is 24.5 Å². The fourth-order valence-electron chi connectivity index (χ4n) is 4.20. The van der Waals surface area contributed by atoms with E-state index in [2.05, 4.69) is 64.3 Å². The third-order valence-corrected chi connectivity index (χ3v) is 5.55. The molecule has 4 aromatic rings. The summed E-state index contributed by atoms with van der Waals surface area (Å²) in [6.45, 7) is 12.7. The van der Waals surface area contributed by atoms with Crippen LogP contribution in [-0.4, -0.2) is 31.2 Å². The number of aryl methyl sites for hydroxylation is 4. The number of hydrogen-bond acceptors (Lipinski definition) is 5. The van der Waals surface area contributed by atoms with Crippen molar-refractivity contribution in [2.45, 2.75) is 54.1 Å². The minimum Gasteiger partial charge on any atom is -0.494 e. The van der Waals surface area contributed by atoms with Gasteiger partial charge >= 0.3 is 0 Å². The van der Waals surface area contributed by atoms with Crippen molar-refractivity contribution in [3.63, 3.8) is 0 Å². The predicted octanol–water partition coefficient (Wildman–Crippen LogP) is 4.96. The monoisotopic (exact) mass is 418 g/mol. The average Bonchev–Trinajstić information content (AvgIpc) is 3.32. The quantitative estimate of drug-likeness (QED) is 0.438. The number of nitrogens with one attached hydrogen (secondary N) is 1. The summed E-state index contributed by atoms with van der Waals surface area (Å²) in [6.07, 6.45) is 5.05. The standard InChI is InChI=1S/C24H30N6O/c1-6-12-29-15-19(14-26-29)13-25-24-23-18(5)30(17(4)22(23)16(3)27-28-24)20-8-10-21(11-9-20)31-7-2/h8-11,14-15H,6-7,12-13H2,1-5H3,(H,25,28). The summed E-state index contributed by atoms with van der Waals surface area (Å²) in [6, 6.07) is 8.21. The highest BCUT2D eigenvalue weighted by atomic mass is 16.5. The van der Waals surface area contributed by atoms with Gasteiger partial charge in [-0.05, 0) is 58.4 Å². The Hall–Kier alpha value is -3.35. The number of rotatable bonds is 8. The van der Waals surface area contributed by atoms with Gasteiger partial charge in [0.1, 0.15) is 5.75 Å². The maximum Gasteiger partial charge on any atom is 0.158 e. The molecule has 0 saturated carbocycles. The molecule has 0 bridgehead atoms. The highest BCUT2D eigenvalue weighted by Gasteiger charge is 2.19. The van der Waals surface area contributed by atoms with Crippen LogP contribution in [0.25, 0.3) is 16.5 Å². The summed E-state index contributed by atoms with van der Waals surface area (Å²) in [4.78, 5) is 0. The first-order valence-electron chi connectivity index (χ1n) is 10.9. The van der Waals surface area contributed by atoms with Crippen molar-refractivity contribution >= 4 is 16.6 Å². The molecule has 0 fully saturated rings. The molecule has 4 rings (SSSR count). The van der Waals surface area contributed by atoms with Crippen LogP contribution in [-0.2, 0) is 13.1 Å². The van der Waals surface area contributed by atoms with Gasteiger partial charge in [0, 0.05) is 52.7 Å². The van der Waals surface area contributed by atoms with E-state index in [1.165, 1.54) is 0 Å². The molecule has 0 saturated heterocycles. The molecular weight excluding hydrogens is 388 g/mol. The number of anilines is 1. The fraction of sp³-hybridized carbons (Fsp3) is 0.375. The van der Waals surface area contributed by atoms with Crippen LogP contribution in [0.1, 0.15) is 42.9 Å². The van der Waals surface area contributed by atoms with Crippen LogP contribution < -0.4 is 10.1 Å². The Morgan fingerprint density at radius 1 is 0.968 bits per heavy atom. The fourth-order valence-corrected chi connectivity index (χ4v) is 4.20. The van der Waals surface area contributed by atoms with E-state index >= 15 is 0 Å². The van der Waals surface area contributed by atoms with Gasteiger partial charge in [0.25, 0.3) is 0 Å². The Bertz CT molecular complexity index is 1190. The lowest BCUT2D eigenvalue weighted by molar-refractivity contribution is 0.340. The molecule has 1 N–H and O–H groups in total. The predicted molar refractivity (Wildman–Crippen MR) is 124 cm³/mol. The molecule has 0 unspecified atom stereocenters. The number of ether oxygens (including phenoxy) is 1. The lowest BCUT2D eigenvalue weighted by Crippen LogP contribution is -2.04. The Balaban J connectivity index is 1.71. The average molecular weight is 419 g/mol. The number of hydrogen-bond donors (Lipinski definition) is 1. The molecule has 31 heavy (non-hydrogen) atoms. The van der Waals surface area contributed by atoms with Crippen molar-refractivity contribution in [3.8, 4) is 11.4 Å². The molecule has 0 radical (unpaired) electrons. The summed E-state index contributed by atoms with van der Waals surface area (Å²) >= 11 is 0. The van der Waals surface area contributed by atoms with Gasteiger partial charge in [0.2, 0.25) is 0 Å². The molecule has 0 atom stereocenters. The van der Waals surface area contributed by atoms with Crippen LogP contribution in [0, 0.1) is 20.8 Å². The zero-order chi connectivity index (χ0) is 22.0. The molecule has 0 spiro atoms. The Morgan fingerprint density at radius 2 is 1.71 bits per heavy atom. The van der Waals surface area contributed by atoms with Crippen LogP contribution in [0.4, 0.5) is 5.82 Å². The maximum absolute atomic E-state index is 5.60. The highest BCUT2D eigenvalue weighted by molar-refractivity contribution is 5.98. The normalized spacial score (nSPS) is 11.3. The van der Waals surface area contributed by atoms with Crippen molar-refractivity contribution < 1.29 is 4.74 Å². The first kappa shape index (κ1) is 20.9. The van der Waals surface area contributed by atoms with Crippen molar-refractivity contribution in [2.75, 3.05) is 11.9 Å².